The lowest BCUT2D eigenvalue weighted by Crippen LogP contribution is -2.35. The summed E-state index contributed by atoms with van der Waals surface area (Å²) in [6.07, 6.45) is 0.524. The number of carbonyl (C=O) groups is 1. The van der Waals surface area contributed by atoms with Crippen LogP contribution in [0, 0.1) is 6.92 Å². The molecule has 0 saturated heterocycles. The third-order valence-electron chi connectivity index (χ3n) is 5.54. The van der Waals surface area contributed by atoms with E-state index in [1.807, 2.05) is 37.3 Å². The molecule has 3 aromatic carbocycles. The molecule has 192 valence electrons. The quantitative estimate of drug-likeness (QED) is 0.375. The van der Waals surface area contributed by atoms with E-state index in [1.54, 1.807) is 19.1 Å². The van der Waals surface area contributed by atoms with Crippen molar-refractivity contribution >= 4 is 25.8 Å². The Hall–Kier alpha value is -3.21. The summed E-state index contributed by atoms with van der Waals surface area (Å²) < 4.78 is 58.9. The summed E-state index contributed by atoms with van der Waals surface area (Å²) in [7, 11) is -7.71. The van der Waals surface area contributed by atoms with Gasteiger partial charge in [-0.05, 0) is 60.4 Å². The molecule has 0 unspecified atom stereocenters. The van der Waals surface area contributed by atoms with Crippen LogP contribution >= 0.6 is 0 Å². The molecule has 0 saturated carbocycles. The van der Waals surface area contributed by atoms with Gasteiger partial charge in [0.1, 0.15) is 5.75 Å². The fourth-order valence-electron chi connectivity index (χ4n) is 3.66. The Morgan fingerprint density at radius 2 is 1.47 bits per heavy atom. The highest BCUT2D eigenvalue weighted by Crippen LogP contribution is 2.25. The van der Waals surface area contributed by atoms with Gasteiger partial charge in [0.15, 0.2) is 16.4 Å². The van der Waals surface area contributed by atoms with Gasteiger partial charge in [0.2, 0.25) is 10.0 Å². The largest absolute Gasteiger partial charge is 0.482 e. The predicted molar refractivity (Wildman–Crippen MR) is 137 cm³/mol. The molecule has 0 spiro atoms. The van der Waals surface area contributed by atoms with E-state index in [1.165, 1.54) is 34.6 Å². The Bertz CT molecular complexity index is 1400. The Labute approximate surface area is 212 Å². The van der Waals surface area contributed by atoms with Crippen molar-refractivity contribution in [1.82, 2.24) is 4.31 Å². The molecule has 36 heavy (non-hydrogen) atoms. The molecule has 0 bridgehead atoms. The molecule has 0 aromatic heterocycles. The fraction of sp³-hybridized carbons (Fsp3) is 0.269. The molecule has 0 atom stereocenters. The maximum atomic E-state index is 13.3. The first-order valence-corrected chi connectivity index (χ1v) is 14.5. The van der Waals surface area contributed by atoms with Gasteiger partial charge in [-0.15, -0.1) is 0 Å². The topological polar surface area (TPSA) is 118 Å². The van der Waals surface area contributed by atoms with E-state index in [0.29, 0.717) is 12.0 Å². The lowest BCUT2D eigenvalue weighted by Gasteiger charge is -2.22. The number of rotatable bonds is 12. The Morgan fingerprint density at radius 1 is 0.861 bits per heavy atom. The van der Waals surface area contributed by atoms with Crippen LogP contribution in [0.4, 0.5) is 0 Å². The van der Waals surface area contributed by atoms with Gasteiger partial charge < -0.3 is 9.84 Å². The van der Waals surface area contributed by atoms with Gasteiger partial charge in [-0.1, -0.05) is 49.4 Å². The molecule has 0 amide bonds. The number of carboxylic acid groups (broad SMARTS) is 1. The predicted octanol–water partition coefficient (Wildman–Crippen LogP) is 4.00. The maximum absolute atomic E-state index is 13.3. The molecule has 1 N–H and O–H groups in total. The van der Waals surface area contributed by atoms with E-state index in [-0.39, 0.29) is 28.6 Å². The maximum Gasteiger partial charge on any atom is 0.341 e. The first-order valence-electron chi connectivity index (χ1n) is 11.4. The van der Waals surface area contributed by atoms with E-state index >= 15 is 0 Å². The van der Waals surface area contributed by atoms with Gasteiger partial charge in [-0.2, -0.15) is 4.31 Å². The minimum absolute atomic E-state index is 0.0173. The normalized spacial score (nSPS) is 12.0. The first-order chi connectivity index (χ1) is 17.0. The number of hydrogen-bond acceptors (Lipinski definition) is 6. The van der Waals surface area contributed by atoms with Crippen molar-refractivity contribution in [2.24, 2.45) is 0 Å². The van der Waals surface area contributed by atoms with Crippen molar-refractivity contribution in [1.29, 1.82) is 0 Å². The van der Waals surface area contributed by atoms with E-state index < -0.39 is 38.2 Å². The Kier molecular flexibility index (Phi) is 8.89. The standard InChI is InChI=1S/C26H29NO7S2/c1-3-15-27(36(32,33)23-11-9-22(10-12-23)21-7-5-4-6-8-21)16-17-35(30,31)24-13-14-25(20(2)18-24)34-19-26(28)29/h4-14,18H,3,15-17,19H2,1-2H3,(H,28,29). The molecule has 0 fully saturated rings. The number of sulfonamides is 1. The minimum Gasteiger partial charge on any atom is -0.482 e. The molecular formula is C26H29NO7S2. The van der Waals surface area contributed by atoms with E-state index in [4.69, 9.17) is 9.84 Å². The van der Waals surface area contributed by atoms with Gasteiger partial charge in [-0.3, -0.25) is 0 Å². The summed E-state index contributed by atoms with van der Waals surface area (Å²) in [6, 6.07) is 20.3. The van der Waals surface area contributed by atoms with Crippen LogP contribution in [0.15, 0.2) is 82.6 Å². The molecule has 0 aliphatic heterocycles. The zero-order valence-electron chi connectivity index (χ0n) is 20.1. The van der Waals surface area contributed by atoms with E-state index in [2.05, 4.69) is 0 Å². The van der Waals surface area contributed by atoms with Gasteiger partial charge in [0, 0.05) is 13.1 Å². The number of nitrogens with zero attached hydrogens (tertiary/aromatic N) is 1. The molecule has 8 nitrogen and oxygen atoms in total. The number of benzene rings is 3. The van der Waals surface area contributed by atoms with Crippen molar-refractivity contribution in [3.63, 3.8) is 0 Å². The van der Waals surface area contributed by atoms with Gasteiger partial charge >= 0.3 is 5.97 Å². The lowest BCUT2D eigenvalue weighted by molar-refractivity contribution is -0.139. The Balaban J connectivity index is 1.76. The number of aryl methyl sites for hydroxylation is 1. The molecule has 0 aliphatic rings. The summed E-state index contributed by atoms with van der Waals surface area (Å²) in [5, 5.41) is 8.75. The zero-order chi connectivity index (χ0) is 26.3. The molecule has 0 heterocycles. The van der Waals surface area contributed by atoms with Crippen LogP contribution in [0.5, 0.6) is 5.75 Å². The van der Waals surface area contributed by atoms with Crippen LogP contribution in [0.1, 0.15) is 18.9 Å². The Morgan fingerprint density at radius 3 is 2.06 bits per heavy atom. The van der Waals surface area contributed by atoms with Crippen LogP contribution in [-0.4, -0.2) is 57.7 Å². The second-order valence-corrected chi connectivity index (χ2v) is 12.3. The van der Waals surface area contributed by atoms with E-state index in [0.717, 1.165) is 11.1 Å². The van der Waals surface area contributed by atoms with Gasteiger partial charge in [0.25, 0.3) is 0 Å². The van der Waals surface area contributed by atoms with Gasteiger partial charge in [0.05, 0.1) is 15.5 Å². The lowest BCUT2D eigenvalue weighted by atomic mass is 10.1. The second kappa shape index (κ2) is 11.7. The number of ether oxygens (including phenoxy) is 1. The third-order valence-corrected chi connectivity index (χ3v) is 9.14. The second-order valence-electron chi connectivity index (χ2n) is 8.22. The highest BCUT2D eigenvalue weighted by Gasteiger charge is 2.26. The number of hydrogen-bond donors (Lipinski definition) is 1. The van der Waals surface area contributed by atoms with Crippen LogP contribution in [0.2, 0.25) is 0 Å². The van der Waals surface area contributed by atoms with Crippen molar-refractivity contribution in [2.45, 2.75) is 30.1 Å². The fourth-order valence-corrected chi connectivity index (χ4v) is 6.63. The van der Waals surface area contributed by atoms with Crippen LogP contribution in [0.3, 0.4) is 0 Å². The third kappa shape index (κ3) is 6.71. The molecular weight excluding hydrogens is 502 g/mol. The van der Waals surface area contributed by atoms with Crippen molar-refractivity contribution in [2.75, 3.05) is 25.4 Å². The average molecular weight is 532 g/mol. The van der Waals surface area contributed by atoms with Gasteiger partial charge in [-0.25, -0.2) is 21.6 Å². The smallest absolute Gasteiger partial charge is 0.341 e. The average Bonchev–Trinajstić information content (AvgIpc) is 2.86. The molecule has 3 rings (SSSR count). The summed E-state index contributed by atoms with van der Waals surface area (Å²) >= 11 is 0. The van der Waals surface area contributed by atoms with Crippen molar-refractivity contribution in [3.05, 3.63) is 78.4 Å². The highest BCUT2D eigenvalue weighted by molar-refractivity contribution is 7.91. The number of carboxylic acids is 1. The highest BCUT2D eigenvalue weighted by atomic mass is 32.2. The van der Waals surface area contributed by atoms with Crippen LogP contribution in [-0.2, 0) is 24.7 Å². The molecule has 10 heteroatoms. The summed E-state index contributed by atoms with van der Waals surface area (Å²) in [4.78, 5) is 10.8. The SMILES string of the molecule is CCCN(CCS(=O)(=O)c1ccc(OCC(=O)O)c(C)c1)S(=O)(=O)c1ccc(-c2ccccc2)cc1. The molecule has 3 aromatic rings. The summed E-state index contributed by atoms with van der Waals surface area (Å²) in [6.45, 7) is 2.88. The van der Waals surface area contributed by atoms with E-state index in [9.17, 15) is 21.6 Å². The number of aliphatic carboxylic acids is 1. The summed E-state index contributed by atoms with van der Waals surface area (Å²) in [5.74, 6) is -1.27. The zero-order valence-corrected chi connectivity index (χ0v) is 21.8. The van der Waals surface area contributed by atoms with Crippen molar-refractivity contribution in [3.8, 4) is 16.9 Å². The van der Waals surface area contributed by atoms with Crippen LogP contribution in [0.25, 0.3) is 11.1 Å². The first kappa shape index (κ1) is 27.4. The summed E-state index contributed by atoms with van der Waals surface area (Å²) in [5.41, 5.74) is 2.31. The van der Waals surface area contributed by atoms with Crippen molar-refractivity contribution < 1.29 is 31.5 Å². The molecule has 0 radical (unpaired) electrons. The minimum atomic E-state index is -3.90. The number of sulfone groups is 1. The molecule has 0 aliphatic carbocycles. The van der Waals surface area contributed by atoms with Crippen LogP contribution < -0.4 is 4.74 Å². The monoisotopic (exact) mass is 531 g/mol.